The molecule has 128 valence electrons. The first kappa shape index (κ1) is 16.0. The van der Waals surface area contributed by atoms with E-state index in [1.807, 2.05) is 31.2 Å². The van der Waals surface area contributed by atoms with E-state index in [2.05, 4.69) is 15.1 Å². The second kappa shape index (κ2) is 6.76. The van der Waals surface area contributed by atoms with Crippen LogP contribution in [0.1, 0.15) is 42.4 Å². The number of carbonyl (C=O) groups is 1. The molecule has 0 radical (unpaired) electrons. The third-order valence-electron chi connectivity index (χ3n) is 4.11. The first-order chi connectivity index (χ1) is 12.2. The standard InChI is InChI=1S/C18H18N4O2S/c1-2-22(11-15-20-18(24-21-15)12-7-8-12)17(23)10-9-16-19-13-5-3-4-6-14(13)25-16/h3-6,9-10,12H,2,7-8,11H2,1H3. The van der Waals surface area contributed by atoms with E-state index >= 15 is 0 Å². The number of para-hydroxylation sites is 1. The predicted molar refractivity (Wildman–Crippen MR) is 96.0 cm³/mol. The summed E-state index contributed by atoms with van der Waals surface area (Å²) in [7, 11) is 0. The number of nitrogens with zero attached hydrogens (tertiary/aromatic N) is 4. The van der Waals surface area contributed by atoms with Crippen LogP contribution in [-0.2, 0) is 11.3 Å². The molecule has 2 heterocycles. The van der Waals surface area contributed by atoms with Crippen molar-refractivity contribution in [3.63, 3.8) is 0 Å². The van der Waals surface area contributed by atoms with Crippen molar-refractivity contribution in [2.75, 3.05) is 6.54 Å². The number of carbonyl (C=O) groups excluding carboxylic acids is 1. The van der Waals surface area contributed by atoms with Crippen molar-refractivity contribution in [3.8, 4) is 0 Å². The van der Waals surface area contributed by atoms with Gasteiger partial charge in [0, 0.05) is 18.5 Å². The van der Waals surface area contributed by atoms with Gasteiger partial charge in [-0.2, -0.15) is 4.98 Å². The van der Waals surface area contributed by atoms with Crippen LogP contribution in [0.3, 0.4) is 0 Å². The fraction of sp³-hybridized carbons (Fsp3) is 0.333. The number of amides is 1. The smallest absolute Gasteiger partial charge is 0.247 e. The number of aromatic nitrogens is 3. The number of thiazole rings is 1. The monoisotopic (exact) mass is 354 g/mol. The maximum absolute atomic E-state index is 12.4. The Balaban J connectivity index is 1.43. The number of benzene rings is 1. The first-order valence-corrected chi connectivity index (χ1v) is 9.19. The molecule has 2 aromatic heterocycles. The van der Waals surface area contributed by atoms with Crippen LogP contribution in [0.15, 0.2) is 34.9 Å². The van der Waals surface area contributed by atoms with E-state index in [-0.39, 0.29) is 5.91 Å². The highest BCUT2D eigenvalue weighted by Crippen LogP contribution is 2.38. The second-order valence-corrected chi connectivity index (χ2v) is 7.09. The molecule has 0 bridgehead atoms. The second-order valence-electron chi connectivity index (χ2n) is 6.03. The molecular weight excluding hydrogens is 336 g/mol. The van der Waals surface area contributed by atoms with E-state index in [0.29, 0.717) is 30.7 Å². The van der Waals surface area contributed by atoms with Crippen LogP contribution in [0.4, 0.5) is 0 Å². The van der Waals surface area contributed by atoms with Crippen LogP contribution >= 0.6 is 11.3 Å². The van der Waals surface area contributed by atoms with Crippen LogP contribution in [0.5, 0.6) is 0 Å². The Labute approximate surface area is 149 Å². The zero-order valence-corrected chi connectivity index (χ0v) is 14.7. The molecule has 1 saturated carbocycles. The third kappa shape index (κ3) is 3.61. The van der Waals surface area contributed by atoms with Crippen molar-refractivity contribution in [3.05, 3.63) is 47.1 Å². The Morgan fingerprint density at radius 1 is 1.36 bits per heavy atom. The normalized spacial score (nSPS) is 14.4. The van der Waals surface area contributed by atoms with Crippen LogP contribution in [0.25, 0.3) is 16.3 Å². The Morgan fingerprint density at radius 3 is 2.96 bits per heavy atom. The highest BCUT2D eigenvalue weighted by atomic mass is 32.1. The van der Waals surface area contributed by atoms with Gasteiger partial charge in [0.15, 0.2) is 5.82 Å². The van der Waals surface area contributed by atoms with Crippen molar-refractivity contribution in [1.82, 2.24) is 20.0 Å². The molecule has 6 nitrogen and oxygen atoms in total. The molecule has 3 aromatic rings. The molecule has 1 aliphatic rings. The molecule has 0 aliphatic heterocycles. The molecule has 0 spiro atoms. The number of rotatable bonds is 6. The number of likely N-dealkylation sites (N-methyl/N-ethyl adjacent to an activating group) is 1. The van der Waals surface area contributed by atoms with Gasteiger partial charge >= 0.3 is 0 Å². The van der Waals surface area contributed by atoms with Gasteiger partial charge in [0.05, 0.1) is 16.8 Å². The van der Waals surface area contributed by atoms with Gasteiger partial charge in [-0.15, -0.1) is 11.3 Å². The molecule has 0 saturated heterocycles. The lowest BCUT2D eigenvalue weighted by Crippen LogP contribution is -2.29. The quantitative estimate of drug-likeness (QED) is 0.632. The van der Waals surface area contributed by atoms with E-state index in [4.69, 9.17) is 4.52 Å². The molecule has 1 fully saturated rings. The summed E-state index contributed by atoms with van der Waals surface area (Å²) in [5.41, 5.74) is 0.950. The molecule has 0 N–H and O–H groups in total. The Kier molecular flexibility index (Phi) is 4.31. The van der Waals surface area contributed by atoms with E-state index in [1.165, 1.54) is 0 Å². The highest BCUT2D eigenvalue weighted by Gasteiger charge is 2.29. The van der Waals surface area contributed by atoms with Gasteiger partial charge in [-0.1, -0.05) is 17.3 Å². The fourth-order valence-electron chi connectivity index (χ4n) is 2.55. The summed E-state index contributed by atoms with van der Waals surface area (Å²) in [6.45, 7) is 2.87. The van der Waals surface area contributed by atoms with Crippen molar-refractivity contribution in [1.29, 1.82) is 0 Å². The summed E-state index contributed by atoms with van der Waals surface area (Å²) < 4.78 is 6.36. The van der Waals surface area contributed by atoms with Gasteiger partial charge in [0.1, 0.15) is 5.01 Å². The zero-order valence-electron chi connectivity index (χ0n) is 13.9. The largest absolute Gasteiger partial charge is 0.339 e. The van der Waals surface area contributed by atoms with Crippen LogP contribution in [-0.4, -0.2) is 32.5 Å². The topological polar surface area (TPSA) is 72.1 Å². The van der Waals surface area contributed by atoms with Gasteiger partial charge in [-0.25, -0.2) is 4.98 Å². The van der Waals surface area contributed by atoms with Crippen LogP contribution in [0, 0.1) is 0 Å². The lowest BCUT2D eigenvalue weighted by atomic mass is 10.3. The summed E-state index contributed by atoms with van der Waals surface area (Å²) in [4.78, 5) is 23.0. The molecule has 0 unspecified atom stereocenters. The summed E-state index contributed by atoms with van der Waals surface area (Å²) in [6, 6.07) is 7.94. The summed E-state index contributed by atoms with van der Waals surface area (Å²) in [6.07, 6.45) is 5.55. The molecule has 1 amide bonds. The number of fused-ring (bicyclic) bond motifs is 1. The van der Waals surface area contributed by atoms with Gasteiger partial charge in [-0.05, 0) is 38.0 Å². The summed E-state index contributed by atoms with van der Waals surface area (Å²) >= 11 is 1.57. The minimum Gasteiger partial charge on any atom is -0.339 e. The van der Waals surface area contributed by atoms with Crippen molar-refractivity contribution in [2.45, 2.75) is 32.2 Å². The van der Waals surface area contributed by atoms with Crippen molar-refractivity contribution in [2.24, 2.45) is 0 Å². The van der Waals surface area contributed by atoms with Gasteiger partial charge in [0.25, 0.3) is 0 Å². The lowest BCUT2D eigenvalue weighted by Gasteiger charge is -2.16. The number of hydrogen-bond acceptors (Lipinski definition) is 6. The van der Waals surface area contributed by atoms with Gasteiger partial charge < -0.3 is 9.42 Å². The molecule has 1 aromatic carbocycles. The van der Waals surface area contributed by atoms with Crippen molar-refractivity contribution >= 4 is 33.5 Å². The molecular formula is C18H18N4O2S. The SMILES string of the molecule is CCN(Cc1noc(C2CC2)n1)C(=O)C=Cc1nc2ccccc2s1. The van der Waals surface area contributed by atoms with E-state index in [9.17, 15) is 4.79 Å². The molecule has 4 rings (SSSR count). The van der Waals surface area contributed by atoms with Crippen LogP contribution in [0.2, 0.25) is 0 Å². The predicted octanol–water partition coefficient (Wildman–Crippen LogP) is 3.62. The Hall–Kier alpha value is -2.54. The van der Waals surface area contributed by atoms with Crippen LogP contribution < -0.4 is 0 Å². The molecule has 1 aliphatic carbocycles. The lowest BCUT2D eigenvalue weighted by molar-refractivity contribution is -0.126. The van der Waals surface area contributed by atoms with Crippen molar-refractivity contribution < 1.29 is 9.32 Å². The molecule has 0 atom stereocenters. The van der Waals surface area contributed by atoms with E-state index < -0.39 is 0 Å². The van der Waals surface area contributed by atoms with E-state index in [0.717, 1.165) is 28.1 Å². The Bertz CT molecular complexity index is 893. The minimum atomic E-state index is -0.0838. The summed E-state index contributed by atoms with van der Waals surface area (Å²) in [5.74, 6) is 1.60. The van der Waals surface area contributed by atoms with Gasteiger partial charge in [-0.3, -0.25) is 4.79 Å². The maximum atomic E-state index is 12.4. The number of hydrogen-bond donors (Lipinski definition) is 0. The molecule has 7 heteroatoms. The Morgan fingerprint density at radius 2 is 2.20 bits per heavy atom. The van der Waals surface area contributed by atoms with E-state index in [1.54, 1.807) is 28.4 Å². The van der Waals surface area contributed by atoms with Gasteiger partial charge in [0.2, 0.25) is 11.8 Å². The zero-order chi connectivity index (χ0) is 17.2. The highest BCUT2D eigenvalue weighted by molar-refractivity contribution is 7.19. The first-order valence-electron chi connectivity index (χ1n) is 8.38. The maximum Gasteiger partial charge on any atom is 0.247 e. The fourth-order valence-corrected chi connectivity index (χ4v) is 3.42. The summed E-state index contributed by atoms with van der Waals surface area (Å²) in [5, 5.41) is 4.80. The average molecular weight is 354 g/mol. The molecule has 25 heavy (non-hydrogen) atoms. The average Bonchev–Trinajstić information content (AvgIpc) is 3.23. The third-order valence-corrected chi connectivity index (χ3v) is 5.12. The minimum absolute atomic E-state index is 0.0838.